The van der Waals surface area contributed by atoms with Gasteiger partial charge in [-0.25, -0.2) is 8.42 Å². The van der Waals surface area contributed by atoms with Crippen molar-refractivity contribution < 1.29 is 36.3 Å². The summed E-state index contributed by atoms with van der Waals surface area (Å²) in [6.45, 7) is 1.75. The molecule has 0 aromatic heterocycles. The molecule has 1 amide bonds. The van der Waals surface area contributed by atoms with Gasteiger partial charge in [-0.15, -0.1) is 0 Å². The van der Waals surface area contributed by atoms with Crippen LogP contribution in [0.15, 0.2) is 17.0 Å². The second-order valence-corrected chi connectivity index (χ2v) is 8.56. The van der Waals surface area contributed by atoms with Crippen LogP contribution in [0.3, 0.4) is 0 Å². The summed E-state index contributed by atoms with van der Waals surface area (Å²) in [6.07, 6.45) is -4.80. The Morgan fingerprint density at radius 1 is 1.23 bits per heavy atom. The Morgan fingerprint density at radius 2 is 1.81 bits per heavy atom. The number of carbonyl (C=O) groups excluding carboxylic acids is 1. The molecule has 1 unspecified atom stereocenters. The van der Waals surface area contributed by atoms with E-state index in [1.165, 1.54) is 6.07 Å². The first kappa shape index (κ1) is 20.2. The van der Waals surface area contributed by atoms with Gasteiger partial charge in [0.15, 0.2) is 15.3 Å². The van der Waals surface area contributed by atoms with E-state index in [-0.39, 0.29) is 17.0 Å². The molecular formula is C16H18F3NO5S. The molecule has 1 saturated heterocycles. The van der Waals surface area contributed by atoms with E-state index in [2.05, 4.69) is 0 Å². The molecule has 1 aromatic carbocycles. The van der Waals surface area contributed by atoms with E-state index in [1.807, 2.05) is 0 Å². The molecule has 1 atom stereocenters. The van der Waals surface area contributed by atoms with Crippen LogP contribution in [-0.2, 0) is 14.6 Å². The lowest BCUT2D eigenvalue weighted by atomic mass is 9.86. The lowest BCUT2D eigenvalue weighted by molar-refractivity contribution is -0.227. The van der Waals surface area contributed by atoms with Crippen LogP contribution in [0.5, 0.6) is 0 Å². The molecule has 1 aliphatic heterocycles. The second kappa shape index (κ2) is 6.26. The van der Waals surface area contributed by atoms with Crippen molar-refractivity contribution in [2.24, 2.45) is 5.41 Å². The van der Waals surface area contributed by atoms with E-state index in [0.29, 0.717) is 11.1 Å². The highest BCUT2D eigenvalue weighted by Crippen LogP contribution is 2.46. The largest absolute Gasteiger partial charge is 0.481 e. The summed E-state index contributed by atoms with van der Waals surface area (Å²) in [4.78, 5) is 24.6. The number of amides is 1. The molecule has 0 aliphatic carbocycles. The van der Waals surface area contributed by atoms with Crippen LogP contribution in [0, 0.1) is 19.3 Å². The topological polar surface area (TPSA) is 91.8 Å². The standard InChI is InChI=1S/C16H18F3NO5S/c1-9-6-11(26(3,24)25)7-12(10(9)2)13(21)20-5-4-15(8-20,14(22)23)16(17,18)19/h6-7H,4-5,8H2,1-3H3,(H,22,23). The lowest BCUT2D eigenvalue weighted by Gasteiger charge is -2.27. The lowest BCUT2D eigenvalue weighted by Crippen LogP contribution is -2.47. The normalized spacial score (nSPS) is 21.1. The van der Waals surface area contributed by atoms with Crippen LogP contribution < -0.4 is 0 Å². The van der Waals surface area contributed by atoms with Crippen molar-refractivity contribution in [1.82, 2.24) is 4.90 Å². The number of hydrogen-bond donors (Lipinski definition) is 1. The highest BCUT2D eigenvalue weighted by atomic mass is 32.2. The molecule has 0 spiro atoms. The number of sulfone groups is 1. The van der Waals surface area contributed by atoms with Crippen LogP contribution in [0.4, 0.5) is 13.2 Å². The summed E-state index contributed by atoms with van der Waals surface area (Å²) in [6, 6.07) is 2.50. The first-order valence-electron chi connectivity index (χ1n) is 7.61. The molecule has 1 heterocycles. The zero-order valence-corrected chi connectivity index (χ0v) is 15.2. The fraction of sp³-hybridized carbons (Fsp3) is 0.500. The molecule has 144 valence electrons. The van der Waals surface area contributed by atoms with E-state index in [0.717, 1.165) is 17.2 Å². The highest BCUT2D eigenvalue weighted by molar-refractivity contribution is 7.90. The summed E-state index contributed by atoms with van der Waals surface area (Å²) < 4.78 is 63.3. The number of halogens is 3. The summed E-state index contributed by atoms with van der Waals surface area (Å²) >= 11 is 0. The number of aryl methyl sites for hydroxylation is 1. The zero-order chi connectivity index (χ0) is 20.1. The summed E-state index contributed by atoms with van der Waals surface area (Å²) in [5.41, 5.74) is -2.13. The van der Waals surface area contributed by atoms with Crippen molar-refractivity contribution in [2.45, 2.75) is 31.3 Å². The maximum atomic E-state index is 13.3. The van der Waals surface area contributed by atoms with Crippen molar-refractivity contribution >= 4 is 21.7 Å². The number of carbonyl (C=O) groups is 2. The van der Waals surface area contributed by atoms with Crippen LogP contribution in [0.25, 0.3) is 0 Å². The van der Waals surface area contributed by atoms with Gasteiger partial charge < -0.3 is 10.0 Å². The Kier molecular flexibility index (Phi) is 4.86. The molecule has 10 heteroatoms. The third kappa shape index (κ3) is 3.29. The summed E-state index contributed by atoms with van der Waals surface area (Å²) in [7, 11) is -3.63. The summed E-state index contributed by atoms with van der Waals surface area (Å²) in [5, 5.41) is 9.08. The zero-order valence-electron chi connectivity index (χ0n) is 14.3. The molecule has 1 fully saturated rings. The number of nitrogens with zero attached hydrogens (tertiary/aromatic N) is 1. The van der Waals surface area contributed by atoms with Crippen molar-refractivity contribution in [2.75, 3.05) is 19.3 Å². The molecule has 1 aliphatic rings. The quantitative estimate of drug-likeness (QED) is 0.850. The maximum absolute atomic E-state index is 13.3. The first-order chi connectivity index (χ1) is 11.7. The Morgan fingerprint density at radius 3 is 2.23 bits per heavy atom. The van der Waals surface area contributed by atoms with Crippen LogP contribution in [0.1, 0.15) is 27.9 Å². The number of alkyl halides is 3. The molecule has 2 rings (SSSR count). The smallest absolute Gasteiger partial charge is 0.406 e. The Balaban J connectivity index is 2.46. The number of carboxylic acid groups (broad SMARTS) is 1. The molecule has 26 heavy (non-hydrogen) atoms. The first-order valence-corrected chi connectivity index (χ1v) is 9.50. The van der Waals surface area contributed by atoms with Crippen molar-refractivity contribution in [1.29, 1.82) is 0 Å². The van der Waals surface area contributed by atoms with E-state index in [1.54, 1.807) is 13.8 Å². The average molecular weight is 393 g/mol. The van der Waals surface area contributed by atoms with Gasteiger partial charge in [-0.3, -0.25) is 9.59 Å². The van der Waals surface area contributed by atoms with Crippen molar-refractivity contribution in [3.8, 4) is 0 Å². The highest BCUT2D eigenvalue weighted by Gasteiger charge is 2.64. The van der Waals surface area contributed by atoms with Crippen LogP contribution >= 0.6 is 0 Å². The fourth-order valence-electron chi connectivity index (χ4n) is 2.94. The van der Waals surface area contributed by atoms with Gasteiger partial charge >= 0.3 is 12.1 Å². The van der Waals surface area contributed by atoms with Crippen LogP contribution in [0.2, 0.25) is 0 Å². The number of carboxylic acids is 1. The molecule has 1 aromatic rings. The van der Waals surface area contributed by atoms with Crippen molar-refractivity contribution in [3.05, 3.63) is 28.8 Å². The number of aliphatic carboxylic acids is 1. The minimum absolute atomic E-state index is 0.0474. The second-order valence-electron chi connectivity index (χ2n) is 6.55. The van der Waals surface area contributed by atoms with E-state index in [9.17, 15) is 31.2 Å². The molecule has 0 radical (unpaired) electrons. The minimum Gasteiger partial charge on any atom is -0.481 e. The molecular weight excluding hydrogens is 375 g/mol. The monoisotopic (exact) mass is 393 g/mol. The fourth-order valence-corrected chi connectivity index (χ4v) is 3.67. The number of rotatable bonds is 3. The number of hydrogen-bond acceptors (Lipinski definition) is 4. The Bertz CT molecular complexity index is 879. The molecule has 0 saturated carbocycles. The van der Waals surface area contributed by atoms with E-state index in [4.69, 9.17) is 5.11 Å². The van der Waals surface area contributed by atoms with Gasteiger partial charge in [0.2, 0.25) is 0 Å². The SMILES string of the molecule is Cc1cc(S(C)(=O)=O)cc(C(=O)N2CCC(C(=O)O)(C(F)(F)F)C2)c1C. The minimum atomic E-state index is -5.01. The Labute approximate surface area is 148 Å². The third-order valence-corrected chi connectivity index (χ3v) is 5.90. The Hall–Kier alpha value is -2.10. The van der Waals surface area contributed by atoms with Gasteiger partial charge in [0.05, 0.1) is 4.90 Å². The molecule has 6 nitrogen and oxygen atoms in total. The third-order valence-electron chi connectivity index (χ3n) is 4.81. The molecule has 0 bridgehead atoms. The van der Waals surface area contributed by atoms with Gasteiger partial charge in [0, 0.05) is 24.9 Å². The summed E-state index contributed by atoms with van der Waals surface area (Å²) in [5.74, 6) is -2.85. The van der Waals surface area contributed by atoms with Gasteiger partial charge in [-0.05, 0) is 43.5 Å². The average Bonchev–Trinajstić information content (AvgIpc) is 2.94. The predicted octanol–water partition coefficient (Wildman–Crippen LogP) is 2.19. The number of benzene rings is 1. The van der Waals surface area contributed by atoms with Gasteiger partial charge in [0.1, 0.15) is 0 Å². The van der Waals surface area contributed by atoms with Crippen molar-refractivity contribution in [3.63, 3.8) is 0 Å². The number of likely N-dealkylation sites (tertiary alicyclic amines) is 1. The van der Waals surface area contributed by atoms with E-state index < -0.39 is 46.3 Å². The van der Waals surface area contributed by atoms with Gasteiger partial charge in [-0.2, -0.15) is 13.2 Å². The van der Waals surface area contributed by atoms with Gasteiger partial charge in [-0.1, -0.05) is 0 Å². The van der Waals surface area contributed by atoms with Crippen LogP contribution in [-0.4, -0.2) is 55.8 Å². The predicted molar refractivity (Wildman–Crippen MR) is 85.7 cm³/mol. The molecule has 1 N–H and O–H groups in total. The maximum Gasteiger partial charge on any atom is 0.406 e. The van der Waals surface area contributed by atoms with Gasteiger partial charge in [0.25, 0.3) is 5.91 Å². The van der Waals surface area contributed by atoms with E-state index >= 15 is 0 Å².